The summed E-state index contributed by atoms with van der Waals surface area (Å²) in [5, 5.41) is 2.88. The van der Waals surface area contributed by atoms with Gasteiger partial charge in [-0.05, 0) is 59.5 Å². The molecule has 0 unspecified atom stereocenters. The van der Waals surface area contributed by atoms with Crippen LogP contribution in [0.15, 0.2) is 47.1 Å². The third-order valence-electron chi connectivity index (χ3n) is 3.80. The van der Waals surface area contributed by atoms with E-state index >= 15 is 0 Å². The van der Waals surface area contributed by atoms with Gasteiger partial charge in [0.2, 0.25) is 0 Å². The molecule has 1 fully saturated rings. The average molecular weight is 360 g/mol. The quantitative estimate of drug-likeness (QED) is 0.897. The summed E-state index contributed by atoms with van der Waals surface area (Å²) in [6, 6.07) is 11.3. The number of rotatable bonds is 3. The monoisotopic (exact) mass is 359 g/mol. The summed E-state index contributed by atoms with van der Waals surface area (Å²) in [5.74, 6) is 0.846. The van der Waals surface area contributed by atoms with Crippen molar-refractivity contribution in [2.24, 2.45) is 0 Å². The van der Waals surface area contributed by atoms with Gasteiger partial charge in [-0.1, -0.05) is 12.1 Å². The van der Waals surface area contributed by atoms with Crippen LogP contribution in [0.1, 0.15) is 29.6 Å². The molecule has 0 saturated carbocycles. The fourth-order valence-corrected chi connectivity index (χ4v) is 3.08. The zero-order valence-corrected chi connectivity index (χ0v) is 13.8. The highest BCUT2D eigenvalue weighted by molar-refractivity contribution is 9.10. The predicted molar refractivity (Wildman–Crippen MR) is 92.4 cm³/mol. The van der Waals surface area contributed by atoms with E-state index in [1.54, 1.807) is 12.3 Å². The zero-order chi connectivity index (χ0) is 15.4. The van der Waals surface area contributed by atoms with E-state index in [2.05, 4.69) is 31.1 Å². The molecule has 1 aliphatic heterocycles. The van der Waals surface area contributed by atoms with Crippen LogP contribution in [-0.2, 0) is 0 Å². The van der Waals surface area contributed by atoms with E-state index in [9.17, 15) is 4.79 Å². The highest BCUT2D eigenvalue weighted by Crippen LogP contribution is 2.20. The molecule has 114 valence electrons. The van der Waals surface area contributed by atoms with E-state index in [1.807, 2.05) is 30.3 Å². The molecule has 0 spiro atoms. The molecule has 1 aromatic carbocycles. The van der Waals surface area contributed by atoms with E-state index in [1.165, 1.54) is 19.3 Å². The first-order chi connectivity index (χ1) is 10.7. The van der Waals surface area contributed by atoms with Gasteiger partial charge in [0, 0.05) is 17.6 Å². The van der Waals surface area contributed by atoms with E-state index in [4.69, 9.17) is 0 Å². The minimum Gasteiger partial charge on any atom is -0.357 e. The number of amides is 1. The van der Waals surface area contributed by atoms with Gasteiger partial charge in [0.1, 0.15) is 5.82 Å². The summed E-state index contributed by atoms with van der Waals surface area (Å²) in [4.78, 5) is 19.0. The van der Waals surface area contributed by atoms with Crippen molar-refractivity contribution in [3.05, 3.63) is 52.6 Å². The van der Waals surface area contributed by atoms with Gasteiger partial charge in [-0.2, -0.15) is 0 Å². The topological polar surface area (TPSA) is 45.2 Å². The number of pyridine rings is 1. The summed E-state index contributed by atoms with van der Waals surface area (Å²) in [6.45, 7) is 2.13. The molecule has 1 saturated heterocycles. The number of nitrogens with one attached hydrogen (secondary N) is 1. The summed E-state index contributed by atoms with van der Waals surface area (Å²) in [5.41, 5.74) is 1.32. The van der Waals surface area contributed by atoms with Gasteiger partial charge in [0.15, 0.2) is 0 Å². The SMILES string of the molecule is O=C(Nc1ccc(N2CCCCC2)nc1)c1ccccc1Br. The maximum atomic E-state index is 12.2. The Bertz CT molecular complexity index is 651. The molecular weight excluding hydrogens is 342 g/mol. The summed E-state index contributed by atoms with van der Waals surface area (Å²) in [6.07, 6.45) is 5.47. The van der Waals surface area contributed by atoms with Gasteiger partial charge in [-0.25, -0.2) is 4.98 Å². The van der Waals surface area contributed by atoms with Crippen LogP contribution in [-0.4, -0.2) is 24.0 Å². The molecule has 4 nitrogen and oxygen atoms in total. The van der Waals surface area contributed by atoms with Crippen molar-refractivity contribution < 1.29 is 4.79 Å². The van der Waals surface area contributed by atoms with Crippen molar-refractivity contribution in [3.8, 4) is 0 Å². The van der Waals surface area contributed by atoms with E-state index in [-0.39, 0.29) is 5.91 Å². The molecule has 1 aromatic heterocycles. The van der Waals surface area contributed by atoms with Crippen molar-refractivity contribution in [2.75, 3.05) is 23.3 Å². The normalized spacial score (nSPS) is 14.7. The Balaban J connectivity index is 1.68. The van der Waals surface area contributed by atoms with Crippen LogP contribution < -0.4 is 10.2 Å². The van der Waals surface area contributed by atoms with Crippen LogP contribution in [0.4, 0.5) is 11.5 Å². The van der Waals surface area contributed by atoms with Crippen LogP contribution in [0.5, 0.6) is 0 Å². The lowest BCUT2D eigenvalue weighted by Gasteiger charge is -2.27. The molecule has 22 heavy (non-hydrogen) atoms. The number of carbonyl (C=O) groups excluding carboxylic acids is 1. The first kappa shape index (κ1) is 15.0. The van der Waals surface area contributed by atoms with Crippen LogP contribution >= 0.6 is 15.9 Å². The Morgan fingerprint density at radius 1 is 1.09 bits per heavy atom. The van der Waals surface area contributed by atoms with E-state index in [0.29, 0.717) is 11.3 Å². The molecule has 0 radical (unpaired) electrons. The minimum absolute atomic E-state index is 0.139. The third kappa shape index (κ3) is 3.47. The second-order valence-electron chi connectivity index (χ2n) is 5.39. The summed E-state index contributed by atoms with van der Waals surface area (Å²) < 4.78 is 0.783. The largest absolute Gasteiger partial charge is 0.357 e. The Hall–Kier alpha value is -1.88. The fourth-order valence-electron chi connectivity index (χ4n) is 2.61. The minimum atomic E-state index is -0.139. The van der Waals surface area contributed by atoms with E-state index < -0.39 is 0 Å². The number of hydrogen-bond donors (Lipinski definition) is 1. The maximum absolute atomic E-state index is 12.2. The van der Waals surface area contributed by atoms with Gasteiger partial charge in [-0.15, -0.1) is 0 Å². The Morgan fingerprint density at radius 3 is 2.55 bits per heavy atom. The highest BCUT2D eigenvalue weighted by atomic mass is 79.9. The molecule has 0 atom stereocenters. The van der Waals surface area contributed by atoms with Gasteiger partial charge >= 0.3 is 0 Å². The molecule has 1 amide bonds. The lowest BCUT2D eigenvalue weighted by atomic mass is 10.1. The molecule has 2 aromatic rings. The highest BCUT2D eigenvalue weighted by Gasteiger charge is 2.13. The number of benzene rings is 1. The average Bonchev–Trinajstić information content (AvgIpc) is 2.57. The van der Waals surface area contributed by atoms with Gasteiger partial charge < -0.3 is 10.2 Å². The standard InChI is InChI=1S/C17H18BrN3O/c18-15-7-3-2-6-14(15)17(22)20-13-8-9-16(19-12-13)21-10-4-1-5-11-21/h2-3,6-9,12H,1,4-5,10-11H2,(H,20,22). The van der Waals surface area contributed by atoms with Gasteiger partial charge in [0.05, 0.1) is 17.4 Å². The number of aromatic nitrogens is 1. The second kappa shape index (κ2) is 6.92. The molecular formula is C17H18BrN3O. The van der Waals surface area contributed by atoms with Crippen molar-refractivity contribution in [1.29, 1.82) is 0 Å². The van der Waals surface area contributed by atoms with Crippen LogP contribution in [0, 0.1) is 0 Å². The molecule has 0 aliphatic carbocycles. The van der Waals surface area contributed by atoms with Crippen molar-refractivity contribution in [2.45, 2.75) is 19.3 Å². The van der Waals surface area contributed by atoms with Crippen molar-refractivity contribution >= 4 is 33.3 Å². The number of carbonyl (C=O) groups is 1. The van der Waals surface area contributed by atoms with Crippen LogP contribution in [0.2, 0.25) is 0 Å². The Kier molecular flexibility index (Phi) is 4.73. The predicted octanol–water partition coefficient (Wildman–Crippen LogP) is 4.09. The second-order valence-corrected chi connectivity index (χ2v) is 6.24. The Labute approximate surface area is 138 Å². The number of anilines is 2. The molecule has 1 aliphatic rings. The number of nitrogens with zero attached hydrogens (tertiary/aromatic N) is 2. The van der Waals surface area contributed by atoms with Gasteiger partial charge in [0.25, 0.3) is 5.91 Å². The van der Waals surface area contributed by atoms with Crippen molar-refractivity contribution in [3.63, 3.8) is 0 Å². The first-order valence-electron chi connectivity index (χ1n) is 7.51. The van der Waals surface area contributed by atoms with Crippen LogP contribution in [0.3, 0.4) is 0 Å². The molecule has 2 heterocycles. The fraction of sp³-hybridized carbons (Fsp3) is 0.294. The van der Waals surface area contributed by atoms with Crippen molar-refractivity contribution in [1.82, 2.24) is 4.98 Å². The first-order valence-corrected chi connectivity index (χ1v) is 8.30. The maximum Gasteiger partial charge on any atom is 0.256 e. The number of hydrogen-bond acceptors (Lipinski definition) is 3. The van der Waals surface area contributed by atoms with Crippen LogP contribution in [0.25, 0.3) is 0 Å². The third-order valence-corrected chi connectivity index (χ3v) is 4.50. The Morgan fingerprint density at radius 2 is 1.86 bits per heavy atom. The number of halogens is 1. The summed E-state index contributed by atoms with van der Waals surface area (Å²) in [7, 11) is 0. The zero-order valence-electron chi connectivity index (χ0n) is 12.3. The lowest BCUT2D eigenvalue weighted by molar-refractivity contribution is 0.102. The molecule has 0 bridgehead atoms. The molecule has 3 rings (SSSR count). The summed E-state index contributed by atoms with van der Waals surface area (Å²) >= 11 is 3.39. The lowest BCUT2D eigenvalue weighted by Crippen LogP contribution is -2.30. The molecule has 5 heteroatoms. The van der Waals surface area contributed by atoms with Gasteiger partial charge in [-0.3, -0.25) is 4.79 Å². The smallest absolute Gasteiger partial charge is 0.256 e. The molecule has 1 N–H and O–H groups in total. The number of piperidine rings is 1. The van der Waals surface area contributed by atoms with E-state index in [0.717, 1.165) is 23.4 Å².